The normalized spacial score (nSPS) is 14.8. The average molecular weight is 967 g/mol. The summed E-state index contributed by atoms with van der Waals surface area (Å²) in [5.41, 5.74) is 12.4. The third-order valence-electron chi connectivity index (χ3n) is 12.2. The van der Waals surface area contributed by atoms with Crippen LogP contribution in [0.2, 0.25) is 0 Å². The second-order valence-electron chi connectivity index (χ2n) is 17.8. The topological polar surface area (TPSA) is 33.5 Å². The van der Waals surface area contributed by atoms with E-state index >= 15 is 0 Å². The van der Waals surface area contributed by atoms with Gasteiger partial charge < -0.3 is 19.1 Å². The van der Waals surface area contributed by atoms with Crippen molar-refractivity contribution in [3.63, 3.8) is 0 Å². The van der Waals surface area contributed by atoms with E-state index in [0.29, 0.717) is 11.5 Å². The first-order chi connectivity index (χ1) is 27.9. The van der Waals surface area contributed by atoms with Crippen LogP contribution >= 0.6 is 11.8 Å². The Morgan fingerprint density at radius 2 is 1.32 bits per heavy atom. The quantitative estimate of drug-likeness (QED) is 0.165. The van der Waals surface area contributed by atoms with Crippen LogP contribution in [0.5, 0.6) is 11.5 Å². The number of para-hydroxylation sites is 2. The van der Waals surface area contributed by atoms with Gasteiger partial charge in [-0.1, -0.05) is 125 Å². The van der Waals surface area contributed by atoms with E-state index in [1.165, 1.54) is 54.5 Å². The van der Waals surface area contributed by atoms with Gasteiger partial charge in [-0.15, -0.1) is 35.2 Å². The summed E-state index contributed by atoms with van der Waals surface area (Å²) in [6.45, 7) is 16.3. The predicted molar refractivity (Wildman–Crippen MR) is 237 cm³/mol. The Kier molecular flexibility index (Phi) is 8.59. The number of fused-ring (bicyclic) bond motifs is 11. The number of pyridine rings is 1. The van der Waals surface area contributed by atoms with Gasteiger partial charge in [-0.25, -0.2) is 4.98 Å². The summed E-state index contributed by atoms with van der Waals surface area (Å²) in [4.78, 5) is 11.9. The summed E-state index contributed by atoms with van der Waals surface area (Å²) in [6, 6.07) is 51.3. The summed E-state index contributed by atoms with van der Waals surface area (Å²) in [5, 5.41) is 2.25. The molecule has 0 saturated carbocycles. The average Bonchev–Trinajstić information content (AvgIpc) is 3.73. The molecule has 1 spiro atoms. The van der Waals surface area contributed by atoms with Crippen LogP contribution in [-0.2, 0) is 37.3 Å². The zero-order valence-corrected chi connectivity index (χ0v) is 37.2. The molecule has 3 aliphatic heterocycles. The van der Waals surface area contributed by atoms with Crippen molar-refractivity contribution in [1.29, 1.82) is 0 Å². The number of anilines is 3. The fraction of sp³-hybridized carbons (Fsp3) is 0.192. The zero-order valence-electron chi connectivity index (χ0n) is 34.1. The van der Waals surface area contributed by atoms with Gasteiger partial charge in [0.15, 0.2) is 0 Å². The van der Waals surface area contributed by atoms with Crippen LogP contribution < -0.4 is 14.5 Å². The van der Waals surface area contributed by atoms with E-state index in [2.05, 4.69) is 179 Å². The van der Waals surface area contributed by atoms with Crippen LogP contribution in [0, 0.1) is 18.8 Å². The molecule has 3 aliphatic rings. The molecule has 6 aromatic carbocycles. The molecule has 0 amide bonds. The first-order valence-corrected chi connectivity index (χ1v) is 20.8. The molecule has 0 unspecified atom stereocenters. The first kappa shape index (κ1) is 37.9. The molecule has 59 heavy (non-hydrogen) atoms. The number of ether oxygens (including phenoxy) is 1. The molecule has 0 saturated heterocycles. The van der Waals surface area contributed by atoms with Crippen LogP contribution in [0.3, 0.4) is 0 Å². The molecule has 5 nitrogen and oxygen atoms in total. The minimum absolute atomic E-state index is 0. The van der Waals surface area contributed by atoms with Crippen molar-refractivity contribution in [3.05, 3.63) is 180 Å². The van der Waals surface area contributed by atoms with Gasteiger partial charge in [0, 0.05) is 70.9 Å². The van der Waals surface area contributed by atoms with Crippen molar-refractivity contribution >= 4 is 50.6 Å². The molecule has 8 aromatic rings. The maximum absolute atomic E-state index is 6.83. The fourth-order valence-electron chi connectivity index (χ4n) is 9.81. The molecule has 0 aliphatic carbocycles. The molecular formula is C52H43N4OPtS-3. The second-order valence-corrected chi connectivity index (χ2v) is 18.9. The number of benzene rings is 6. The van der Waals surface area contributed by atoms with Crippen molar-refractivity contribution < 1.29 is 25.8 Å². The first-order valence-electron chi connectivity index (χ1n) is 20.0. The van der Waals surface area contributed by atoms with Crippen LogP contribution in [0.1, 0.15) is 74.9 Å². The molecule has 296 valence electrons. The van der Waals surface area contributed by atoms with Gasteiger partial charge >= 0.3 is 0 Å². The van der Waals surface area contributed by atoms with Crippen molar-refractivity contribution in [2.75, 3.05) is 16.8 Å². The van der Waals surface area contributed by atoms with E-state index in [-0.39, 0.29) is 31.9 Å². The third kappa shape index (κ3) is 5.45. The van der Waals surface area contributed by atoms with Gasteiger partial charge in [0.1, 0.15) is 5.82 Å². The van der Waals surface area contributed by atoms with E-state index in [9.17, 15) is 0 Å². The van der Waals surface area contributed by atoms with E-state index in [0.717, 1.165) is 33.3 Å². The Morgan fingerprint density at radius 3 is 2.02 bits per heavy atom. The van der Waals surface area contributed by atoms with Crippen molar-refractivity contribution in [1.82, 2.24) is 9.55 Å². The molecule has 5 heterocycles. The number of aromatic nitrogens is 2. The summed E-state index contributed by atoms with van der Waals surface area (Å²) in [5.74, 6) is 2.09. The Hall–Kier alpha value is -5.29. The molecule has 11 rings (SSSR count). The van der Waals surface area contributed by atoms with E-state index in [1.807, 2.05) is 42.2 Å². The maximum Gasteiger partial charge on any atom is 0.135 e. The Morgan fingerprint density at radius 1 is 0.661 bits per heavy atom. The van der Waals surface area contributed by atoms with Gasteiger partial charge in [-0.05, 0) is 87.5 Å². The molecule has 2 aromatic heterocycles. The van der Waals surface area contributed by atoms with E-state index in [4.69, 9.17) is 9.72 Å². The fourth-order valence-corrected chi connectivity index (χ4v) is 11.1. The molecule has 0 bridgehead atoms. The summed E-state index contributed by atoms with van der Waals surface area (Å²) >= 11 is 1.91. The van der Waals surface area contributed by atoms with E-state index in [1.54, 1.807) is 0 Å². The number of nitrogens with zero attached hydrogens (tertiary/aromatic N) is 4. The number of rotatable bonds is 3. The Balaban J connectivity index is 0.00000420. The van der Waals surface area contributed by atoms with Crippen LogP contribution in [-0.4, -0.2) is 16.6 Å². The van der Waals surface area contributed by atoms with E-state index < -0.39 is 5.41 Å². The smallest absolute Gasteiger partial charge is 0.135 e. The summed E-state index contributed by atoms with van der Waals surface area (Å²) < 4.78 is 9.00. The van der Waals surface area contributed by atoms with Crippen LogP contribution in [0.15, 0.2) is 137 Å². The monoisotopic (exact) mass is 966 g/mol. The molecule has 0 fully saturated rings. The van der Waals surface area contributed by atoms with Crippen molar-refractivity contribution in [2.45, 2.75) is 67.6 Å². The predicted octanol–water partition coefficient (Wildman–Crippen LogP) is 13.0. The molecule has 0 N–H and O–H groups in total. The molecular weight excluding hydrogens is 924 g/mol. The van der Waals surface area contributed by atoms with Crippen LogP contribution in [0.25, 0.3) is 27.6 Å². The van der Waals surface area contributed by atoms with Gasteiger partial charge in [-0.2, -0.15) is 18.8 Å². The third-order valence-corrected chi connectivity index (χ3v) is 13.3. The summed E-state index contributed by atoms with van der Waals surface area (Å²) in [6.07, 6.45) is 1.83. The minimum atomic E-state index is -0.635. The molecule has 0 radical (unpaired) electrons. The van der Waals surface area contributed by atoms with Gasteiger partial charge in [0.25, 0.3) is 0 Å². The standard InChI is InChI=1S/C52H43N4OS.Pt/c1-50(2,3)37-16-13-21-44-47(37)52(48-38(51(4,5)6)17-14-22-45(48)58-44)36-27-25-33(30-43(36)55-31-54(7)41-20-12-18-39(52)49(41)55)57-32-24-26-35-34-15-8-9-19-40(34)56(42(35)29-32)46-23-10-11-28-53-46;/h8-28,31H,1-7H3;/q-3;. The largest absolute Gasteiger partial charge is 0.509 e. The van der Waals surface area contributed by atoms with Crippen molar-refractivity contribution in [2.24, 2.45) is 0 Å². The van der Waals surface area contributed by atoms with Crippen LogP contribution in [0.4, 0.5) is 17.1 Å². The number of hydrogen-bond acceptors (Lipinski definition) is 5. The Bertz CT molecular complexity index is 2930. The number of hydrogen-bond donors (Lipinski definition) is 0. The molecule has 7 heteroatoms. The zero-order chi connectivity index (χ0) is 39.7. The Labute approximate surface area is 365 Å². The summed E-state index contributed by atoms with van der Waals surface area (Å²) in [7, 11) is 2.14. The second kappa shape index (κ2) is 13.4. The minimum Gasteiger partial charge on any atom is -0.509 e. The van der Waals surface area contributed by atoms with Gasteiger partial charge in [0.2, 0.25) is 0 Å². The van der Waals surface area contributed by atoms with Gasteiger partial charge in [-0.3, -0.25) is 0 Å². The van der Waals surface area contributed by atoms with Crippen molar-refractivity contribution in [3.8, 4) is 17.3 Å². The molecule has 0 atom stereocenters. The maximum atomic E-state index is 6.83. The van der Waals surface area contributed by atoms with Gasteiger partial charge in [0.05, 0.1) is 0 Å². The SMILES string of the molecule is CN1[CH-]N2c3[c-]c(Oc4[c-]c5c(cc4)c4ccccc4n5-c4ccccn4)ccc3C3(c4cccc1c42)c1c(cccc1C(C)(C)C)Sc1cccc(C(C)(C)C)c13.[Pt].